The zero-order valence-electron chi connectivity index (χ0n) is 11.6. The molecule has 1 atom stereocenters. The van der Waals surface area contributed by atoms with Crippen molar-refractivity contribution < 1.29 is 0 Å². The Morgan fingerprint density at radius 3 is 2.95 bits per heavy atom. The number of rotatable bonds is 4. The molecule has 1 fully saturated rings. The minimum absolute atomic E-state index is 0.436. The van der Waals surface area contributed by atoms with Crippen molar-refractivity contribution in [3.05, 3.63) is 24.3 Å². The molecule has 0 radical (unpaired) electrons. The Balaban J connectivity index is 1.85. The molecule has 0 bridgehead atoms. The molecule has 6 heteroatoms. The number of hydrazine groups is 1. The fraction of sp³-hybridized carbons (Fsp3) is 0.429. The lowest BCUT2D eigenvalue weighted by Gasteiger charge is -2.20. The molecular weight excluding hydrogens is 252 g/mol. The number of nitrogens with one attached hydrogen (secondary N) is 2. The SMILES string of the molecule is CN1CCCC1CNc1nc(NN)nc2ccccc12. The van der Waals surface area contributed by atoms with Crippen LogP contribution in [0.5, 0.6) is 0 Å². The Morgan fingerprint density at radius 2 is 2.20 bits per heavy atom. The molecule has 1 aromatic heterocycles. The van der Waals surface area contributed by atoms with Gasteiger partial charge in [0.25, 0.3) is 0 Å². The highest BCUT2D eigenvalue weighted by atomic mass is 15.3. The van der Waals surface area contributed by atoms with Crippen LogP contribution in [0.1, 0.15) is 12.8 Å². The van der Waals surface area contributed by atoms with Gasteiger partial charge >= 0.3 is 0 Å². The van der Waals surface area contributed by atoms with Gasteiger partial charge in [0.05, 0.1) is 5.52 Å². The maximum atomic E-state index is 5.44. The second-order valence-electron chi connectivity index (χ2n) is 5.21. The van der Waals surface area contributed by atoms with E-state index >= 15 is 0 Å². The maximum absolute atomic E-state index is 5.44. The third kappa shape index (κ3) is 2.52. The number of aromatic nitrogens is 2. The molecule has 0 saturated carbocycles. The average Bonchev–Trinajstić information content (AvgIpc) is 2.89. The topological polar surface area (TPSA) is 79.1 Å². The van der Waals surface area contributed by atoms with Gasteiger partial charge in [-0.05, 0) is 38.6 Å². The number of likely N-dealkylation sites (N-methyl/N-ethyl adjacent to an activating group) is 1. The van der Waals surface area contributed by atoms with Crippen LogP contribution in [0.4, 0.5) is 11.8 Å². The van der Waals surface area contributed by atoms with Gasteiger partial charge in [0, 0.05) is 18.0 Å². The predicted octanol–water partition coefficient (Wildman–Crippen LogP) is 1.42. The number of likely N-dealkylation sites (tertiary alicyclic amines) is 1. The highest BCUT2D eigenvalue weighted by Crippen LogP contribution is 2.22. The van der Waals surface area contributed by atoms with E-state index in [4.69, 9.17) is 5.84 Å². The van der Waals surface area contributed by atoms with Crippen LogP contribution in [0.2, 0.25) is 0 Å². The minimum atomic E-state index is 0.436. The Labute approximate surface area is 118 Å². The standard InChI is InChI=1S/C14H20N6/c1-20-8-4-5-10(20)9-16-13-11-6-2-3-7-12(11)17-14(18-13)19-15/h2-3,6-7,10H,4-5,8-9,15H2,1H3,(H2,16,17,18,19). The predicted molar refractivity (Wildman–Crippen MR) is 81.5 cm³/mol. The Morgan fingerprint density at radius 1 is 1.35 bits per heavy atom. The molecular formula is C14H20N6. The summed E-state index contributed by atoms with van der Waals surface area (Å²) in [5.41, 5.74) is 3.41. The lowest BCUT2D eigenvalue weighted by atomic mass is 10.2. The first-order chi connectivity index (χ1) is 9.78. The number of anilines is 2. The molecule has 0 spiro atoms. The first-order valence-electron chi connectivity index (χ1n) is 6.95. The summed E-state index contributed by atoms with van der Waals surface area (Å²) in [6, 6.07) is 8.51. The number of nitrogen functional groups attached to an aromatic ring is 1. The van der Waals surface area contributed by atoms with Gasteiger partial charge < -0.3 is 10.2 Å². The van der Waals surface area contributed by atoms with Gasteiger partial charge in [-0.3, -0.25) is 5.43 Å². The highest BCUT2D eigenvalue weighted by molar-refractivity contribution is 5.89. The first kappa shape index (κ1) is 13.1. The summed E-state index contributed by atoms with van der Waals surface area (Å²) < 4.78 is 0. The van der Waals surface area contributed by atoms with Crippen molar-refractivity contribution in [1.29, 1.82) is 0 Å². The summed E-state index contributed by atoms with van der Waals surface area (Å²) in [4.78, 5) is 11.2. The summed E-state index contributed by atoms with van der Waals surface area (Å²) in [6.45, 7) is 2.06. The molecule has 20 heavy (non-hydrogen) atoms. The smallest absolute Gasteiger partial charge is 0.239 e. The molecule has 1 aromatic carbocycles. The molecule has 2 heterocycles. The third-order valence-corrected chi connectivity index (χ3v) is 3.91. The molecule has 4 N–H and O–H groups in total. The summed E-state index contributed by atoms with van der Waals surface area (Å²) in [7, 11) is 2.17. The van der Waals surface area contributed by atoms with E-state index in [9.17, 15) is 0 Å². The zero-order valence-corrected chi connectivity index (χ0v) is 11.6. The summed E-state index contributed by atoms with van der Waals surface area (Å²) in [5, 5.41) is 4.47. The largest absolute Gasteiger partial charge is 0.368 e. The van der Waals surface area contributed by atoms with Crippen molar-refractivity contribution >= 4 is 22.7 Å². The minimum Gasteiger partial charge on any atom is -0.368 e. The van der Waals surface area contributed by atoms with Gasteiger partial charge in [-0.25, -0.2) is 10.8 Å². The van der Waals surface area contributed by atoms with Gasteiger partial charge in [0.1, 0.15) is 5.82 Å². The van der Waals surface area contributed by atoms with Crippen molar-refractivity contribution in [2.75, 3.05) is 30.9 Å². The molecule has 1 saturated heterocycles. The normalized spacial score (nSPS) is 19.4. The molecule has 1 unspecified atom stereocenters. The first-order valence-corrected chi connectivity index (χ1v) is 6.95. The zero-order chi connectivity index (χ0) is 13.9. The van der Waals surface area contributed by atoms with E-state index in [1.165, 1.54) is 19.4 Å². The van der Waals surface area contributed by atoms with Crippen molar-refractivity contribution in [2.24, 2.45) is 5.84 Å². The summed E-state index contributed by atoms with van der Waals surface area (Å²) in [5.74, 6) is 6.71. The van der Waals surface area contributed by atoms with E-state index in [2.05, 4.69) is 32.7 Å². The quantitative estimate of drug-likeness (QED) is 0.577. The summed E-state index contributed by atoms with van der Waals surface area (Å²) in [6.07, 6.45) is 2.50. The van der Waals surface area contributed by atoms with Gasteiger partial charge in [0.2, 0.25) is 5.95 Å². The number of nitrogens with two attached hydrogens (primary N) is 1. The van der Waals surface area contributed by atoms with Crippen LogP contribution < -0.4 is 16.6 Å². The van der Waals surface area contributed by atoms with E-state index in [-0.39, 0.29) is 0 Å². The second kappa shape index (κ2) is 5.60. The van der Waals surface area contributed by atoms with Gasteiger partial charge in [0.15, 0.2) is 0 Å². The fourth-order valence-electron chi connectivity index (χ4n) is 2.73. The molecule has 1 aliphatic rings. The van der Waals surface area contributed by atoms with Crippen LogP contribution in [0, 0.1) is 0 Å². The number of hydrogen-bond donors (Lipinski definition) is 3. The lowest BCUT2D eigenvalue weighted by Crippen LogP contribution is -2.31. The average molecular weight is 272 g/mol. The van der Waals surface area contributed by atoms with Crippen LogP contribution in [0.15, 0.2) is 24.3 Å². The lowest BCUT2D eigenvalue weighted by molar-refractivity contribution is 0.322. The molecule has 3 rings (SSSR count). The number of nitrogens with zero attached hydrogens (tertiary/aromatic N) is 3. The maximum Gasteiger partial charge on any atom is 0.239 e. The Kier molecular flexibility index (Phi) is 3.66. The third-order valence-electron chi connectivity index (χ3n) is 3.91. The van der Waals surface area contributed by atoms with E-state index < -0.39 is 0 Å². The van der Waals surface area contributed by atoms with Gasteiger partial charge in [-0.1, -0.05) is 12.1 Å². The number of fused-ring (bicyclic) bond motifs is 1. The fourth-order valence-corrected chi connectivity index (χ4v) is 2.73. The monoisotopic (exact) mass is 272 g/mol. The van der Waals surface area contributed by atoms with Crippen molar-refractivity contribution in [2.45, 2.75) is 18.9 Å². The van der Waals surface area contributed by atoms with Gasteiger partial charge in [-0.2, -0.15) is 4.98 Å². The van der Waals surface area contributed by atoms with Crippen molar-refractivity contribution in [3.63, 3.8) is 0 Å². The molecule has 2 aromatic rings. The van der Waals surface area contributed by atoms with E-state index in [0.717, 1.165) is 23.3 Å². The molecule has 0 aliphatic carbocycles. The van der Waals surface area contributed by atoms with Crippen LogP contribution in [-0.4, -0.2) is 41.0 Å². The number of hydrogen-bond acceptors (Lipinski definition) is 6. The molecule has 6 nitrogen and oxygen atoms in total. The summed E-state index contributed by atoms with van der Waals surface area (Å²) >= 11 is 0. The Hall–Kier alpha value is -1.92. The van der Waals surface area contributed by atoms with Crippen LogP contribution in [0.3, 0.4) is 0 Å². The molecule has 1 aliphatic heterocycles. The van der Waals surface area contributed by atoms with Crippen LogP contribution in [-0.2, 0) is 0 Å². The second-order valence-corrected chi connectivity index (χ2v) is 5.21. The highest BCUT2D eigenvalue weighted by Gasteiger charge is 2.20. The molecule has 106 valence electrons. The number of para-hydroxylation sites is 1. The van der Waals surface area contributed by atoms with E-state index in [0.29, 0.717) is 12.0 Å². The van der Waals surface area contributed by atoms with Crippen LogP contribution >= 0.6 is 0 Å². The van der Waals surface area contributed by atoms with Crippen molar-refractivity contribution in [1.82, 2.24) is 14.9 Å². The Bertz CT molecular complexity index is 599. The number of benzene rings is 1. The van der Waals surface area contributed by atoms with Gasteiger partial charge in [-0.15, -0.1) is 0 Å². The molecule has 0 amide bonds. The van der Waals surface area contributed by atoms with E-state index in [1.807, 2.05) is 24.3 Å². The van der Waals surface area contributed by atoms with Crippen LogP contribution in [0.25, 0.3) is 10.9 Å². The van der Waals surface area contributed by atoms with E-state index in [1.54, 1.807) is 0 Å². The van der Waals surface area contributed by atoms with Crippen molar-refractivity contribution in [3.8, 4) is 0 Å².